The van der Waals surface area contributed by atoms with Gasteiger partial charge in [-0.3, -0.25) is 18.6 Å². The van der Waals surface area contributed by atoms with Gasteiger partial charge in [-0.15, -0.1) is 0 Å². The largest absolute Gasteiger partial charge is 0.472 e. The number of unbranched alkanes of at least 4 members (excludes halogenated alkanes) is 14. The SMILES string of the molecule is CCCCCCCCCCCCCC(=O)O[C@H](COC(=O)CCCCCCC)COP(=O)(O)OCC[N+](C)(C)C. The molecule has 0 aromatic rings. The van der Waals surface area contributed by atoms with E-state index in [1.54, 1.807) is 0 Å². The Bertz CT molecular complexity index is 683. The molecule has 9 nitrogen and oxygen atoms in total. The molecule has 2 atom stereocenters. The van der Waals surface area contributed by atoms with Gasteiger partial charge in [-0.2, -0.15) is 0 Å². The Morgan fingerprint density at radius 2 is 1.12 bits per heavy atom. The predicted molar refractivity (Wildman–Crippen MR) is 160 cm³/mol. The molecule has 0 bridgehead atoms. The molecule has 0 rings (SSSR count). The minimum absolute atomic E-state index is 0.0353. The van der Waals surface area contributed by atoms with Crippen LogP contribution in [0.25, 0.3) is 0 Å². The van der Waals surface area contributed by atoms with Gasteiger partial charge in [0.05, 0.1) is 27.7 Å². The number of nitrogens with zero attached hydrogens (tertiary/aromatic N) is 1. The molecular formula is C30H61NO8P+. The van der Waals surface area contributed by atoms with Crippen LogP contribution in [-0.2, 0) is 32.7 Å². The van der Waals surface area contributed by atoms with Crippen LogP contribution in [0.5, 0.6) is 0 Å². The summed E-state index contributed by atoms with van der Waals surface area (Å²) in [5.41, 5.74) is 0. The van der Waals surface area contributed by atoms with Crippen molar-refractivity contribution in [3.05, 3.63) is 0 Å². The molecule has 0 aromatic heterocycles. The second-order valence-electron chi connectivity index (χ2n) is 11.9. The van der Waals surface area contributed by atoms with E-state index < -0.39 is 26.5 Å². The lowest BCUT2D eigenvalue weighted by molar-refractivity contribution is -0.870. The van der Waals surface area contributed by atoms with E-state index in [0.717, 1.165) is 44.9 Å². The van der Waals surface area contributed by atoms with Crippen molar-refractivity contribution in [2.45, 2.75) is 136 Å². The fraction of sp³-hybridized carbons (Fsp3) is 0.933. The van der Waals surface area contributed by atoms with Crippen LogP contribution in [-0.4, -0.2) is 74.9 Å². The number of esters is 2. The van der Waals surface area contributed by atoms with Crippen LogP contribution in [0, 0.1) is 0 Å². The lowest BCUT2D eigenvalue weighted by Gasteiger charge is -2.24. The van der Waals surface area contributed by atoms with Gasteiger partial charge < -0.3 is 18.9 Å². The molecule has 0 saturated heterocycles. The molecule has 0 aliphatic heterocycles. The number of carbonyl (C=O) groups is 2. The fourth-order valence-electron chi connectivity index (χ4n) is 4.07. The highest BCUT2D eigenvalue weighted by molar-refractivity contribution is 7.47. The van der Waals surface area contributed by atoms with Gasteiger partial charge in [-0.05, 0) is 12.8 Å². The Labute approximate surface area is 244 Å². The molecule has 0 heterocycles. The number of carbonyl (C=O) groups excluding carboxylic acids is 2. The molecule has 40 heavy (non-hydrogen) atoms. The van der Waals surface area contributed by atoms with Crippen LogP contribution in [0.2, 0.25) is 0 Å². The number of likely N-dealkylation sites (N-methyl/N-ethyl adjacent to an activating group) is 1. The van der Waals surface area contributed by atoms with Gasteiger partial charge in [0.2, 0.25) is 0 Å². The molecule has 1 unspecified atom stereocenters. The van der Waals surface area contributed by atoms with E-state index in [1.165, 1.54) is 51.4 Å². The molecule has 10 heteroatoms. The van der Waals surface area contributed by atoms with Gasteiger partial charge in [0.15, 0.2) is 6.10 Å². The Kier molecular flexibility index (Phi) is 24.0. The van der Waals surface area contributed by atoms with Crippen molar-refractivity contribution in [2.24, 2.45) is 0 Å². The first-order chi connectivity index (χ1) is 19.0. The Morgan fingerprint density at radius 1 is 0.675 bits per heavy atom. The smallest absolute Gasteiger partial charge is 0.462 e. The quantitative estimate of drug-likeness (QED) is 0.0434. The minimum atomic E-state index is -4.34. The monoisotopic (exact) mass is 594 g/mol. The highest BCUT2D eigenvalue weighted by Gasteiger charge is 2.27. The molecule has 0 radical (unpaired) electrons. The summed E-state index contributed by atoms with van der Waals surface area (Å²) in [6.07, 6.45) is 17.6. The van der Waals surface area contributed by atoms with Crippen LogP contribution in [0.15, 0.2) is 0 Å². The summed E-state index contributed by atoms with van der Waals surface area (Å²) in [5.74, 6) is -0.812. The van der Waals surface area contributed by atoms with Gasteiger partial charge in [0.1, 0.15) is 19.8 Å². The van der Waals surface area contributed by atoms with Gasteiger partial charge >= 0.3 is 19.8 Å². The number of phosphoric ester groups is 1. The Balaban J connectivity index is 4.48. The molecule has 0 amide bonds. The Morgan fingerprint density at radius 3 is 1.60 bits per heavy atom. The third-order valence-electron chi connectivity index (χ3n) is 6.64. The molecule has 0 fully saturated rings. The number of rotatable bonds is 28. The second kappa shape index (κ2) is 24.6. The lowest BCUT2D eigenvalue weighted by Crippen LogP contribution is -2.37. The van der Waals surface area contributed by atoms with E-state index in [0.29, 0.717) is 17.4 Å². The van der Waals surface area contributed by atoms with Crippen molar-refractivity contribution >= 4 is 19.8 Å². The highest BCUT2D eigenvalue weighted by atomic mass is 31.2. The van der Waals surface area contributed by atoms with E-state index in [1.807, 2.05) is 21.1 Å². The predicted octanol–water partition coefficient (Wildman–Crippen LogP) is 7.34. The maximum absolute atomic E-state index is 12.5. The molecule has 0 aliphatic carbocycles. The average molecular weight is 595 g/mol. The number of quaternary nitrogens is 1. The molecule has 0 aromatic carbocycles. The van der Waals surface area contributed by atoms with E-state index >= 15 is 0 Å². The summed E-state index contributed by atoms with van der Waals surface area (Å²) >= 11 is 0. The normalized spacial score (nSPS) is 14.1. The van der Waals surface area contributed by atoms with Gasteiger partial charge in [-0.25, -0.2) is 4.57 Å². The number of hydrogen-bond donors (Lipinski definition) is 1. The zero-order valence-corrected chi connectivity index (χ0v) is 27.2. The van der Waals surface area contributed by atoms with Crippen molar-refractivity contribution < 1.29 is 42.1 Å². The second-order valence-corrected chi connectivity index (χ2v) is 13.3. The summed E-state index contributed by atoms with van der Waals surface area (Å²) in [5, 5.41) is 0. The minimum Gasteiger partial charge on any atom is -0.462 e. The van der Waals surface area contributed by atoms with Crippen LogP contribution in [0.3, 0.4) is 0 Å². The van der Waals surface area contributed by atoms with Crippen LogP contribution < -0.4 is 0 Å². The molecule has 0 saturated carbocycles. The van der Waals surface area contributed by atoms with Crippen LogP contribution in [0.4, 0.5) is 0 Å². The van der Waals surface area contributed by atoms with Gasteiger partial charge in [-0.1, -0.05) is 104 Å². The zero-order valence-electron chi connectivity index (χ0n) is 26.3. The molecule has 238 valence electrons. The Hall–Kier alpha value is -0.990. The topological polar surface area (TPSA) is 108 Å². The molecule has 0 aliphatic rings. The van der Waals surface area contributed by atoms with Crippen molar-refractivity contribution in [3.8, 4) is 0 Å². The molecule has 0 spiro atoms. The number of phosphoric acid groups is 1. The lowest BCUT2D eigenvalue weighted by atomic mass is 10.1. The van der Waals surface area contributed by atoms with E-state index in [4.69, 9.17) is 18.5 Å². The first kappa shape index (κ1) is 39.0. The summed E-state index contributed by atoms with van der Waals surface area (Å²) in [6.45, 7) is 4.29. The number of hydrogen-bond acceptors (Lipinski definition) is 7. The first-order valence-electron chi connectivity index (χ1n) is 15.8. The highest BCUT2D eigenvalue weighted by Crippen LogP contribution is 2.43. The molecular weight excluding hydrogens is 533 g/mol. The van der Waals surface area contributed by atoms with E-state index in [9.17, 15) is 19.0 Å². The number of ether oxygens (including phenoxy) is 2. The van der Waals surface area contributed by atoms with Crippen LogP contribution in [0.1, 0.15) is 129 Å². The maximum atomic E-state index is 12.5. The third kappa shape index (κ3) is 27.2. The van der Waals surface area contributed by atoms with E-state index in [2.05, 4.69) is 13.8 Å². The van der Waals surface area contributed by atoms with Crippen molar-refractivity contribution in [2.75, 3.05) is 47.5 Å². The van der Waals surface area contributed by atoms with Gasteiger partial charge in [0, 0.05) is 12.8 Å². The van der Waals surface area contributed by atoms with Crippen LogP contribution >= 0.6 is 7.82 Å². The standard InChI is InChI=1S/C30H60NO8P/c1-6-8-10-12-13-14-15-16-17-19-21-23-30(33)39-28(26-36-29(32)22-20-18-11-9-7-2)27-38-40(34,35)37-25-24-31(3,4)5/h28H,6-27H2,1-5H3/p+1/t28-/m1/s1. The van der Waals surface area contributed by atoms with Crippen molar-refractivity contribution in [1.82, 2.24) is 0 Å². The first-order valence-corrected chi connectivity index (χ1v) is 17.3. The maximum Gasteiger partial charge on any atom is 0.472 e. The van der Waals surface area contributed by atoms with Gasteiger partial charge in [0.25, 0.3) is 0 Å². The summed E-state index contributed by atoms with van der Waals surface area (Å²) < 4.78 is 33.8. The summed E-state index contributed by atoms with van der Waals surface area (Å²) in [7, 11) is 1.48. The zero-order chi connectivity index (χ0) is 30.1. The van der Waals surface area contributed by atoms with E-state index in [-0.39, 0.29) is 32.0 Å². The average Bonchev–Trinajstić information content (AvgIpc) is 2.87. The summed E-state index contributed by atoms with van der Waals surface area (Å²) in [6, 6.07) is 0. The summed E-state index contributed by atoms with van der Waals surface area (Å²) in [4.78, 5) is 34.6. The van der Waals surface area contributed by atoms with Crippen molar-refractivity contribution in [3.63, 3.8) is 0 Å². The third-order valence-corrected chi connectivity index (χ3v) is 7.62. The molecule has 1 N–H and O–H groups in total. The fourth-order valence-corrected chi connectivity index (χ4v) is 4.81. The van der Waals surface area contributed by atoms with Crippen molar-refractivity contribution in [1.29, 1.82) is 0 Å².